The van der Waals surface area contributed by atoms with Crippen LogP contribution in [0.3, 0.4) is 0 Å². The van der Waals surface area contributed by atoms with Crippen LogP contribution in [0.1, 0.15) is 24.8 Å². The normalized spacial score (nSPS) is 24.6. The molecule has 1 aliphatic rings. The van der Waals surface area contributed by atoms with Gasteiger partial charge in [-0.2, -0.15) is 0 Å². The summed E-state index contributed by atoms with van der Waals surface area (Å²) in [6.45, 7) is 0. The van der Waals surface area contributed by atoms with Gasteiger partial charge in [0, 0.05) is 6.04 Å². The molecule has 0 aromatic heterocycles. The van der Waals surface area contributed by atoms with Crippen LogP contribution < -0.4 is 10.1 Å². The summed E-state index contributed by atoms with van der Waals surface area (Å²) in [7, 11) is 3.80. The van der Waals surface area contributed by atoms with E-state index in [0.29, 0.717) is 0 Å². The van der Waals surface area contributed by atoms with Gasteiger partial charge in [0.25, 0.3) is 0 Å². The van der Waals surface area contributed by atoms with Crippen molar-refractivity contribution in [1.82, 2.24) is 5.32 Å². The first-order chi connectivity index (χ1) is 7.81. The predicted molar refractivity (Wildman–Crippen MR) is 66.9 cm³/mol. The largest absolute Gasteiger partial charge is 0.497 e. The highest BCUT2D eigenvalue weighted by atomic mass is 16.5. The summed E-state index contributed by atoms with van der Waals surface area (Å²) < 4.78 is 5.25. The second-order valence-electron chi connectivity index (χ2n) is 4.72. The van der Waals surface area contributed by atoms with Crippen LogP contribution in [0.25, 0.3) is 0 Å². The van der Waals surface area contributed by atoms with Gasteiger partial charge in [0.2, 0.25) is 0 Å². The molecule has 2 nitrogen and oxygen atoms in total. The van der Waals surface area contributed by atoms with Crippen molar-refractivity contribution in [1.29, 1.82) is 0 Å². The van der Waals surface area contributed by atoms with Crippen LogP contribution in [0.2, 0.25) is 0 Å². The van der Waals surface area contributed by atoms with E-state index in [4.69, 9.17) is 4.74 Å². The fourth-order valence-electron chi connectivity index (χ4n) is 2.66. The first-order valence-corrected chi connectivity index (χ1v) is 6.12. The van der Waals surface area contributed by atoms with Gasteiger partial charge in [-0.05, 0) is 56.3 Å². The Morgan fingerprint density at radius 1 is 1.38 bits per heavy atom. The van der Waals surface area contributed by atoms with Crippen molar-refractivity contribution in [2.24, 2.45) is 5.92 Å². The molecule has 1 aliphatic carbocycles. The van der Waals surface area contributed by atoms with Crippen LogP contribution in [0.5, 0.6) is 5.75 Å². The monoisotopic (exact) mass is 219 g/mol. The van der Waals surface area contributed by atoms with E-state index in [1.807, 2.05) is 6.07 Å². The molecule has 2 heteroatoms. The fourth-order valence-corrected chi connectivity index (χ4v) is 2.66. The van der Waals surface area contributed by atoms with Gasteiger partial charge in [-0.1, -0.05) is 12.1 Å². The summed E-state index contributed by atoms with van der Waals surface area (Å²) in [5.74, 6) is 1.81. The Kier molecular flexibility index (Phi) is 3.83. The summed E-state index contributed by atoms with van der Waals surface area (Å²) in [5.41, 5.74) is 1.40. The SMILES string of the molecule is CNC1CCC(Cc2cccc(OC)c2)C1. The molecule has 0 bridgehead atoms. The highest BCUT2D eigenvalue weighted by Gasteiger charge is 2.23. The molecule has 1 aromatic rings. The number of rotatable bonds is 4. The van der Waals surface area contributed by atoms with Crippen molar-refractivity contribution in [2.75, 3.05) is 14.2 Å². The number of hydrogen-bond donors (Lipinski definition) is 1. The van der Waals surface area contributed by atoms with Gasteiger partial charge in [-0.25, -0.2) is 0 Å². The van der Waals surface area contributed by atoms with Crippen LogP contribution in [0.4, 0.5) is 0 Å². The maximum Gasteiger partial charge on any atom is 0.119 e. The van der Waals surface area contributed by atoms with Crippen molar-refractivity contribution in [3.63, 3.8) is 0 Å². The molecule has 16 heavy (non-hydrogen) atoms. The average Bonchev–Trinajstić information content (AvgIpc) is 2.77. The molecule has 2 atom stereocenters. The lowest BCUT2D eigenvalue weighted by Gasteiger charge is -2.11. The Morgan fingerprint density at radius 2 is 2.25 bits per heavy atom. The molecule has 1 fully saturated rings. The van der Waals surface area contributed by atoms with Gasteiger partial charge >= 0.3 is 0 Å². The van der Waals surface area contributed by atoms with E-state index in [1.54, 1.807) is 7.11 Å². The lowest BCUT2D eigenvalue weighted by Crippen LogP contribution is -2.21. The lowest BCUT2D eigenvalue weighted by atomic mass is 9.97. The number of methoxy groups -OCH3 is 1. The topological polar surface area (TPSA) is 21.3 Å². The zero-order valence-corrected chi connectivity index (χ0v) is 10.2. The summed E-state index contributed by atoms with van der Waals surface area (Å²) in [5, 5.41) is 3.38. The van der Waals surface area contributed by atoms with E-state index in [9.17, 15) is 0 Å². The molecule has 1 N–H and O–H groups in total. The number of ether oxygens (including phenoxy) is 1. The maximum atomic E-state index is 5.25. The van der Waals surface area contributed by atoms with Gasteiger partial charge in [-0.15, -0.1) is 0 Å². The number of benzene rings is 1. The van der Waals surface area contributed by atoms with E-state index in [-0.39, 0.29) is 0 Å². The Morgan fingerprint density at radius 3 is 2.94 bits per heavy atom. The smallest absolute Gasteiger partial charge is 0.119 e. The molecule has 2 unspecified atom stereocenters. The first-order valence-electron chi connectivity index (χ1n) is 6.12. The molecule has 0 aliphatic heterocycles. The molecule has 0 heterocycles. The molecule has 1 saturated carbocycles. The molecule has 0 spiro atoms. The molecule has 88 valence electrons. The van der Waals surface area contributed by atoms with Crippen LogP contribution in [0, 0.1) is 5.92 Å². The van der Waals surface area contributed by atoms with Crippen LogP contribution >= 0.6 is 0 Å². The second kappa shape index (κ2) is 5.35. The summed E-state index contributed by atoms with van der Waals surface area (Å²) in [6, 6.07) is 9.19. The molecule has 1 aromatic carbocycles. The third kappa shape index (κ3) is 2.76. The fraction of sp³-hybridized carbons (Fsp3) is 0.571. The first kappa shape index (κ1) is 11.5. The van der Waals surface area contributed by atoms with Crippen molar-refractivity contribution in [3.05, 3.63) is 29.8 Å². The summed E-state index contributed by atoms with van der Waals surface area (Å²) in [6.07, 6.45) is 5.18. The Hall–Kier alpha value is -1.02. The number of hydrogen-bond acceptors (Lipinski definition) is 2. The number of nitrogens with one attached hydrogen (secondary N) is 1. The lowest BCUT2D eigenvalue weighted by molar-refractivity contribution is 0.413. The van der Waals surface area contributed by atoms with Crippen LogP contribution in [-0.2, 0) is 6.42 Å². The quantitative estimate of drug-likeness (QED) is 0.840. The molecule has 0 radical (unpaired) electrons. The average molecular weight is 219 g/mol. The zero-order chi connectivity index (χ0) is 11.4. The van der Waals surface area contributed by atoms with E-state index in [0.717, 1.165) is 17.7 Å². The van der Waals surface area contributed by atoms with E-state index in [2.05, 4.69) is 30.6 Å². The zero-order valence-electron chi connectivity index (χ0n) is 10.2. The second-order valence-corrected chi connectivity index (χ2v) is 4.72. The van der Waals surface area contributed by atoms with E-state index < -0.39 is 0 Å². The van der Waals surface area contributed by atoms with E-state index >= 15 is 0 Å². The summed E-state index contributed by atoms with van der Waals surface area (Å²) in [4.78, 5) is 0. The van der Waals surface area contributed by atoms with Gasteiger partial charge < -0.3 is 10.1 Å². The van der Waals surface area contributed by atoms with Gasteiger partial charge in [-0.3, -0.25) is 0 Å². The molecule has 0 amide bonds. The minimum atomic E-state index is 0.732. The van der Waals surface area contributed by atoms with Crippen molar-refractivity contribution < 1.29 is 4.74 Å². The van der Waals surface area contributed by atoms with Gasteiger partial charge in [0.1, 0.15) is 5.75 Å². The van der Waals surface area contributed by atoms with Crippen LogP contribution in [-0.4, -0.2) is 20.2 Å². The Bertz CT molecular complexity index is 337. The molecular formula is C14H21NO. The van der Waals surface area contributed by atoms with E-state index in [1.165, 1.54) is 31.2 Å². The predicted octanol–water partition coefficient (Wildman–Crippen LogP) is 2.63. The highest BCUT2D eigenvalue weighted by Crippen LogP contribution is 2.29. The molecule has 0 saturated heterocycles. The van der Waals surface area contributed by atoms with Crippen molar-refractivity contribution >= 4 is 0 Å². The minimum Gasteiger partial charge on any atom is -0.497 e. The van der Waals surface area contributed by atoms with Gasteiger partial charge in [0.15, 0.2) is 0 Å². The third-order valence-corrected chi connectivity index (χ3v) is 3.61. The van der Waals surface area contributed by atoms with Crippen molar-refractivity contribution in [3.8, 4) is 5.75 Å². The standard InChI is InChI=1S/C14H21NO/c1-15-13-7-6-12(9-13)8-11-4-3-5-14(10-11)16-2/h3-5,10,12-13,15H,6-9H2,1-2H3. The molecule has 2 rings (SSSR count). The summed E-state index contributed by atoms with van der Waals surface area (Å²) >= 11 is 0. The Balaban J connectivity index is 1.94. The Labute approximate surface area is 98.0 Å². The third-order valence-electron chi connectivity index (χ3n) is 3.61. The highest BCUT2D eigenvalue weighted by molar-refractivity contribution is 5.28. The van der Waals surface area contributed by atoms with Gasteiger partial charge in [0.05, 0.1) is 7.11 Å². The molecular weight excluding hydrogens is 198 g/mol. The van der Waals surface area contributed by atoms with Crippen LogP contribution in [0.15, 0.2) is 24.3 Å². The minimum absolute atomic E-state index is 0.732. The maximum absolute atomic E-state index is 5.25. The van der Waals surface area contributed by atoms with Crippen molar-refractivity contribution in [2.45, 2.75) is 31.7 Å².